The Kier molecular flexibility index (Phi) is 4.69. The third-order valence-electron chi connectivity index (χ3n) is 2.92. The van der Waals surface area contributed by atoms with Crippen molar-refractivity contribution in [1.82, 2.24) is 4.31 Å². The Bertz CT molecular complexity index is 334. The minimum absolute atomic E-state index is 0.0877. The van der Waals surface area contributed by atoms with Crippen LogP contribution >= 0.6 is 0 Å². The predicted molar refractivity (Wildman–Crippen MR) is 61.3 cm³/mol. The van der Waals surface area contributed by atoms with Crippen LogP contribution in [0.3, 0.4) is 0 Å². The van der Waals surface area contributed by atoms with Crippen molar-refractivity contribution in [2.45, 2.75) is 19.3 Å². The maximum Gasteiger partial charge on any atom is 0.304 e. The molecule has 1 fully saturated rings. The zero-order valence-electron chi connectivity index (χ0n) is 9.22. The van der Waals surface area contributed by atoms with Crippen molar-refractivity contribution in [1.29, 1.82) is 4.78 Å². The monoisotopic (exact) mass is 249 g/mol. The Hall–Kier alpha value is -0.660. The van der Waals surface area contributed by atoms with Gasteiger partial charge in [0, 0.05) is 13.1 Å². The van der Waals surface area contributed by atoms with E-state index in [1.807, 2.05) is 0 Å². The largest absolute Gasteiger partial charge is 0.481 e. The Morgan fingerprint density at radius 1 is 1.50 bits per heavy atom. The van der Waals surface area contributed by atoms with E-state index in [0.717, 1.165) is 12.8 Å². The number of hydrogen-bond acceptors (Lipinski definition) is 4. The maximum atomic E-state index is 11.9. The molecule has 0 saturated carbocycles. The molecule has 0 radical (unpaired) electrons. The van der Waals surface area contributed by atoms with Gasteiger partial charge in [-0.2, -0.15) is 0 Å². The fourth-order valence-corrected chi connectivity index (χ4v) is 3.30. The summed E-state index contributed by atoms with van der Waals surface area (Å²) in [6.07, 6.45) is 1.48. The highest BCUT2D eigenvalue weighted by molar-refractivity contribution is 7.90. The summed E-state index contributed by atoms with van der Waals surface area (Å²) in [7, 11) is -2.90. The van der Waals surface area contributed by atoms with Gasteiger partial charge in [-0.25, -0.2) is 13.3 Å². The van der Waals surface area contributed by atoms with Crippen molar-refractivity contribution >= 4 is 15.9 Å². The fraction of sp³-hybridized carbons (Fsp3) is 0.889. The van der Waals surface area contributed by atoms with Crippen molar-refractivity contribution in [2.24, 2.45) is 11.7 Å². The van der Waals surface area contributed by atoms with E-state index in [0.29, 0.717) is 25.6 Å². The third-order valence-corrected chi connectivity index (χ3v) is 4.87. The number of aliphatic carboxylic acids is 1. The zero-order chi connectivity index (χ0) is 12.2. The van der Waals surface area contributed by atoms with Crippen molar-refractivity contribution < 1.29 is 14.1 Å². The molecule has 1 saturated heterocycles. The van der Waals surface area contributed by atoms with E-state index in [9.17, 15) is 9.00 Å². The quantitative estimate of drug-likeness (QED) is 0.642. The second-order valence-corrected chi connectivity index (χ2v) is 6.30. The smallest absolute Gasteiger partial charge is 0.304 e. The predicted octanol–water partition coefficient (Wildman–Crippen LogP) is 0.0936. The summed E-state index contributed by atoms with van der Waals surface area (Å²) in [6.45, 7) is 1.80. The van der Waals surface area contributed by atoms with Gasteiger partial charge in [0.2, 0.25) is 0 Å². The molecule has 1 aliphatic heterocycles. The molecule has 0 bridgehead atoms. The Balaban J connectivity index is 2.48. The summed E-state index contributed by atoms with van der Waals surface area (Å²) in [5.41, 5.74) is 5.54. The van der Waals surface area contributed by atoms with Gasteiger partial charge in [-0.3, -0.25) is 4.79 Å². The van der Waals surface area contributed by atoms with Crippen LogP contribution in [-0.2, 0) is 14.7 Å². The van der Waals surface area contributed by atoms with E-state index in [1.54, 1.807) is 4.31 Å². The van der Waals surface area contributed by atoms with Gasteiger partial charge >= 0.3 is 5.97 Å². The molecule has 94 valence electrons. The second-order valence-electron chi connectivity index (χ2n) is 4.10. The number of nitrogens with one attached hydrogen (secondary N) is 1. The molecule has 0 spiro atoms. The first-order valence-electron chi connectivity index (χ1n) is 5.39. The molecule has 1 aliphatic rings. The number of carboxylic acids is 1. The average Bonchev–Trinajstić information content (AvgIpc) is 2.27. The van der Waals surface area contributed by atoms with Gasteiger partial charge in [0.1, 0.15) is 9.92 Å². The van der Waals surface area contributed by atoms with Crippen molar-refractivity contribution in [3.63, 3.8) is 0 Å². The van der Waals surface area contributed by atoms with Gasteiger partial charge in [-0.15, -0.1) is 0 Å². The summed E-state index contributed by atoms with van der Waals surface area (Å²) >= 11 is 0. The first kappa shape index (κ1) is 13.4. The number of nitrogens with two attached hydrogens (primary N) is 1. The van der Waals surface area contributed by atoms with Crippen molar-refractivity contribution in [3.05, 3.63) is 0 Å². The number of piperidine rings is 1. The molecule has 7 heteroatoms. The van der Waals surface area contributed by atoms with Crippen molar-refractivity contribution in [2.75, 3.05) is 25.4 Å². The van der Waals surface area contributed by atoms with Crippen LogP contribution in [0.1, 0.15) is 19.3 Å². The van der Waals surface area contributed by atoms with Gasteiger partial charge in [-0.05, 0) is 25.3 Å². The molecule has 6 nitrogen and oxygen atoms in total. The number of carboxylic acid groups (broad SMARTS) is 1. The van der Waals surface area contributed by atoms with E-state index in [4.69, 9.17) is 15.6 Å². The Morgan fingerprint density at radius 2 is 2.06 bits per heavy atom. The molecule has 0 aromatic rings. The van der Waals surface area contributed by atoms with E-state index in [2.05, 4.69) is 0 Å². The number of carbonyl (C=O) groups is 1. The SMILES string of the molecule is N=S(=O)(CCC(=O)O)N1CCC(CN)CC1. The fourth-order valence-electron chi connectivity index (χ4n) is 1.79. The molecule has 16 heavy (non-hydrogen) atoms. The van der Waals surface area contributed by atoms with E-state index < -0.39 is 15.9 Å². The van der Waals surface area contributed by atoms with Gasteiger partial charge in [-0.1, -0.05) is 0 Å². The molecule has 1 heterocycles. The number of rotatable bonds is 5. The summed E-state index contributed by atoms with van der Waals surface area (Å²) in [5.74, 6) is -0.641. The lowest BCUT2D eigenvalue weighted by atomic mass is 9.99. The molecule has 0 amide bonds. The lowest BCUT2D eigenvalue weighted by Crippen LogP contribution is -2.40. The van der Waals surface area contributed by atoms with Crippen LogP contribution in [0.15, 0.2) is 0 Å². The summed E-state index contributed by atoms with van der Waals surface area (Å²) in [5, 5.41) is 8.51. The van der Waals surface area contributed by atoms with Gasteiger partial charge < -0.3 is 10.8 Å². The zero-order valence-corrected chi connectivity index (χ0v) is 10.0. The van der Waals surface area contributed by atoms with E-state index in [1.165, 1.54) is 0 Å². The Labute approximate surface area is 95.9 Å². The number of nitrogens with zero attached hydrogens (tertiary/aromatic N) is 1. The lowest BCUT2D eigenvalue weighted by molar-refractivity contribution is -0.136. The average molecular weight is 249 g/mol. The standard InChI is InChI=1S/C9H19N3O3S/c10-7-8-1-4-12(5-2-8)16(11,15)6-3-9(13)14/h8,11H,1-7,10H2,(H,13,14). The van der Waals surface area contributed by atoms with E-state index in [-0.39, 0.29) is 12.2 Å². The number of hydrogen-bond donors (Lipinski definition) is 3. The van der Waals surface area contributed by atoms with Crippen LogP contribution in [0.25, 0.3) is 0 Å². The first-order valence-corrected chi connectivity index (χ1v) is 7.07. The van der Waals surface area contributed by atoms with E-state index >= 15 is 0 Å². The minimum Gasteiger partial charge on any atom is -0.481 e. The topological polar surface area (TPSA) is 107 Å². The molecule has 4 N–H and O–H groups in total. The van der Waals surface area contributed by atoms with Crippen LogP contribution < -0.4 is 5.73 Å². The molecule has 0 aliphatic carbocycles. The lowest BCUT2D eigenvalue weighted by Gasteiger charge is -2.32. The molecule has 1 rings (SSSR count). The second kappa shape index (κ2) is 5.60. The normalized spacial score (nSPS) is 22.8. The van der Waals surface area contributed by atoms with Gasteiger partial charge in [0.25, 0.3) is 0 Å². The summed E-state index contributed by atoms with van der Waals surface area (Å²) < 4.78 is 21.2. The third kappa shape index (κ3) is 3.73. The molecular weight excluding hydrogens is 230 g/mol. The molecule has 0 aromatic heterocycles. The van der Waals surface area contributed by atoms with Gasteiger partial charge in [0.15, 0.2) is 0 Å². The Morgan fingerprint density at radius 3 is 2.50 bits per heavy atom. The first-order chi connectivity index (χ1) is 7.45. The molecule has 0 aromatic carbocycles. The van der Waals surface area contributed by atoms with Crippen LogP contribution in [0.4, 0.5) is 0 Å². The minimum atomic E-state index is -2.90. The highest BCUT2D eigenvalue weighted by Crippen LogP contribution is 2.19. The summed E-state index contributed by atoms with van der Waals surface area (Å²) in [6, 6.07) is 0. The highest BCUT2D eigenvalue weighted by Gasteiger charge is 2.25. The maximum absolute atomic E-state index is 11.9. The molecule has 1 unspecified atom stereocenters. The summed E-state index contributed by atoms with van der Waals surface area (Å²) in [4.78, 5) is 10.4. The highest BCUT2D eigenvalue weighted by atomic mass is 32.2. The van der Waals surface area contributed by atoms with Gasteiger partial charge in [0.05, 0.1) is 12.2 Å². The van der Waals surface area contributed by atoms with Crippen LogP contribution in [0, 0.1) is 10.7 Å². The molecule has 1 atom stereocenters. The van der Waals surface area contributed by atoms with Crippen LogP contribution in [0.2, 0.25) is 0 Å². The molecular formula is C9H19N3O3S. The van der Waals surface area contributed by atoms with Crippen LogP contribution in [-0.4, -0.2) is 45.0 Å². The van der Waals surface area contributed by atoms with Crippen molar-refractivity contribution in [3.8, 4) is 0 Å². The van der Waals surface area contributed by atoms with Crippen LogP contribution in [0.5, 0.6) is 0 Å².